The van der Waals surface area contributed by atoms with Gasteiger partial charge in [-0.15, -0.1) is 0 Å². The fraction of sp³-hybridized carbons (Fsp3) is 0.333. The molecule has 2 aromatic rings. The molecule has 32 heavy (non-hydrogen) atoms. The molecular weight excluding hydrogens is 414 g/mol. The molecule has 0 bridgehead atoms. The molecule has 166 valence electrons. The third-order valence-electron chi connectivity index (χ3n) is 5.93. The van der Waals surface area contributed by atoms with Gasteiger partial charge in [0.15, 0.2) is 5.17 Å². The van der Waals surface area contributed by atoms with E-state index in [9.17, 15) is 4.79 Å². The number of carbonyl (C=O) groups excluding carboxylic acids is 1. The van der Waals surface area contributed by atoms with Gasteiger partial charge in [0.25, 0.3) is 5.91 Å². The van der Waals surface area contributed by atoms with Gasteiger partial charge in [0, 0.05) is 24.3 Å². The van der Waals surface area contributed by atoms with Crippen LogP contribution in [0, 0.1) is 0 Å². The fourth-order valence-corrected chi connectivity index (χ4v) is 5.57. The van der Waals surface area contributed by atoms with Crippen molar-refractivity contribution in [3.05, 3.63) is 70.6 Å². The quantitative estimate of drug-likeness (QED) is 0.479. The van der Waals surface area contributed by atoms with Gasteiger partial charge in [-0.3, -0.25) is 9.69 Å². The molecule has 2 heterocycles. The second-order valence-corrected chi connectivity index (χ2v) is 9.81. The predicted octanol–water partition coefficient (Wildman–Crippen LogP) is 6.72. The molecule has 0 atom stereocenters. The normalized spacial score (nSPS) is 20.2. The first-order valence-electron chi connectivity index (χ1n) is 11.3. The number of anilines is 1. The molecule has 2 aliphatic heterocycles. The smallest absolute Gasteiger partial charge is 0.266 e. The standard InChI is InChI=1S/C27H31N3OS/c1-6-15-29-25(31)24(32-26(29)28-21-11-9-8-10-12-21)17-20-13-14-23-22(16-20)19(3)18-27(4,5)30(23)7-2/h8-14,16-18H,6-7,15H2,1-5H3/b24-17+,28-26?. The minimum atomic E-state index is -0.00740. The van der Waals surface area contributed by atoms with Crippen molar-refractivity contribution in [2.24, 2.45) is 4.99 Å². The lowest BCUT2D eigenvalue weighted by Gasteiger charge is -2.42. The molecule has 0 radical (unpaired) electrons. The van der Waals surface area contributed by atoms with Gasteiger partial charge >= 0.3 is 0 Å². The SMILES string of the molecule is CCCN1C(=O)/C(=C\c2ccc3c(c2)C(C)=CC(C)(C)N3CC)SC1=Nc1ccccc1. The van der Waals surface area contributed by atoms with Crippen molar-refractivity contribution in [1.82, 2.24) is 4.90 Å². The fourth-order valence-electron chi connectivity index (χ4n) is 4.54. The van der Waals surface area contributed by atoms with Gasteiger partial charge in [-0.1, -0.05) is 37.3 Å². The van der Waals surface area contributed by atoms with Crippen LogP contribution in [-0.2, 0) is 4.79 Å². The molecule has 1 amide bonds. The summed E-state index contributed by atoms with van der Waals surface area (Å²) in [5, 5.41) is 0.752. The second kappa shape index (κ2) is 8.99. The summed E-state index contributed by atoms with van der Waals surface area (Å²) in [6, 6.07) is 16.3. The van der Waals surface area contributed by atoms with Gasteiger partial charge in [0.1, 0.15) is 0 Å². The summed E-state index contributed by atoms with van der Waals surface area (Å²) < 4.78 is 0. The van der Waals surface area contributed by atoms with Crippen molar-refractivity contribution in [3.63, 3.8) is 0 Å². The van der Waals surface area contributed by atoms with Gasteiger partial charge in [0.05, 0.1) is 16.1 Å². The Kier molecular flexibility index (Phi) is 6.29. The van der Waals surface area contributed by atoms with Gasteiger partial charge in [0.2, 0.25) is 0 Å². The minimum Gasteiger partial charge on any atom is -0.363 e. The summed E-state index contributed by atoms with van der Waals surface area (Å²) in [7, 11) is 0. The molecule has 2 aromatic carbocycles. The van der Waals surface area contributed by atoms with Crippen LogP contribution in [0.5, 0.6) is 0 Å². The highest BCUT2D eigenvalue weighted by molar-refractivity contribution is 8.18. The van der Waals surface area contributed by atoms with Crippen molar-refractivity contribution in [3.8, 4) is 0 Å². The lowest BCUT2D eigenvalue weighted by atomic mass is 9.88. The van der Waals surface area contributed by atoms with E-state index in [1.807, 2.05) is 36.4 Å². The molecule has 0 aromatic heterocycles. The summed E-state index contributed by atoms with van der Waals surface area (Å²) >= 11 is 1.46. The van der Waals surface area contributed by atoms with Crippen LogP contribution in [-0.4, -0.2) is 34.6 Å². The van der Waals surface area contributed by atoms with Crippen LogP contribution in [0.3, 0.4) is 0 Å². The minimum absolute atomic E-state index is 0.00740. The first kappa shape index (κ1) is 22.4. The Hall–Kier alpha value is -2.79. The predicted molar refractivity (Wildman–Crippen MR) is 138 cm³/mol. The topological polar surface area (TPSA) is 35.9 Å². The van der Waals surface area contributed by atoms with E-state index in [0.29, 0.717) is 6.54 Å². The van der Waals surface area contributed by atoms with E-state index in [0.717, 1.165) is 34.3 Å². The maximum atomic E-state index is 13.2. The van der Waals surface area contributed by atoms with Crippen LogP contribution in [0.15, 0.2) is 64.5 Å². The number of hydrogen-bond acceptors (Lipinski definition) is 4. The molecular formula is C27H31N3OS. The van der Waals surface area contributed by atoms with Crippen LogP contribution in [0.1, 0.15) is 52.2 Å². The monoisotopic (exact) mass is 445 g/mol. The number of thioether (sulfide) groups is 1. The Balaban J connectivity index is 1.69. The number of hydrogen-bond donors (Lipinski definition) is 0. The highest BCUT2D eigenvalue weighted by Gasteiger charge is 2.33. The highest BCUT2D eigenvalue weighted by atomic mass is 32.2. The number of carbonyl (C=O) groups is 1. The number of allylic oxidation sites excluding steroid dienone is 1. The zero-order valence-corrected chi connectivity index (χ0v) is 20.4. The van der Waals surface area contributed by atoms with Crippen LogP contribution in [0.25, 0.3) is 11.6 Å². The molecule has 2 aliphatic rings. The van der Waals surface area contributed by atoms with Crippen molar-refractivity contribution in [2.45, 2.75) is 46.6 Å². The molecule has 5 heteroatoms. The zero-order chi connectivity index (χ0) is 22.9. The summed E-state index contributed by atoms with van der Waals surface area (Å²) in [5.74, 6) is 0.0350. The summed E-state index contributed by atoms with van der Waals surface area (Å²) in [5.41, 5.74) is 5.66. The second-order valence-electron chi connectivity index (χ2n) is 8.80. The van der Waals surface area contributed by atoms with Crippen LogP contribution >= 0.6 is 11.8 Å². The number of amidine groups is 1. The average molecular weight is 446 g/mol. The molecule has 1 fully saturated rings. The van der Waals surface area contributed by atoms with Gasteiger partial charge < -0.3 is 4.90 Å². The summed E-state index contributed by atoms with van der Waals surface area (Å²) in [6.07, 6.45) is 5.23. The lowest BCUT2D eigenvalue weighted by Crippen LogP contribution is -2.44. The number of rotatable bonds is 5. The molecule has 4 nitrogen and oxygen atoms in total. The number of amides is 1. The Morgan fingerprint density at radius 2 is 1.84 bits per heavy atom. The summed E-state index contributed by atoms with van der Waals surface area (Å²) in [6.45, 7) is 12.6. The Morgan fingerprint density at radius 3 is 2.53 bits per heavy atom. The largest absolute Gasteiger partial charge is 0.363 e. The number of nitrogens with zero attached hydrogens (tertiary/aromatic N) is 3. The molecule has 0 unspecified atom stereocenters. The zero-order valence-electron chi connectivity index (χ0n) is 19.6. The van der Waals surface area contributed by atoms with Crippen molar-refractivity contribution >= 4 is 45.9 Å². The van der Waals surface area contributed by atoms with E-state index in [-0.39, 0.29) is 11.4 Å². The first-order valence-corrected chi connectivity index (χ1v) is 12.1. The van der Waals surface area contributed by atoms with Crippen molar-refractivity contribution < 1.29 is 4.79 Å². The van der Waals surface area contributed by atoms with Crippen LogP contribution < -0.4 is 4.90 Å². The third kappa shape index (κ3) is 4.26. The molecule has 0 spiro atoms. The van der Waals surface area contributed by atoms with Crippen molar-refractivity contribution in [2.75, 3.05) is 18.0 Å². The Labute approximate surface area is 195 Å². The van der Waals surface area contributed by atoms with E-state index in [2.05, 4.69) is 63.8 Å². The number of fused-ring (bicyclic) bond motifs is 1. The average Bonchev–Trinajstić information content (AvgIpc) is 3.03. The maximum absolute atomic E-state index is 13.2. The van der Waals surface area contributed by atoms with E-state index in [1.54, 1.807) is 4.90 Å². The molecule has 0 saturated carbocycles. The Morgan fingerprint density at radius 1 is 1.09 bits per heavy atom. The number of benzene rings is 2. The van der Waals surface area contributed by atoms with Gasteiger partial charge in [-0.2, -0.15) is 0 Å². The summed E-state index contributed by atoms with van der Waals surface area (Å²) in [4.78, 5) is 22.9. The van der Waals surface area contributed by atoms with E-state index >= 15 is 0 Å². The van der Waals surface area contributed by atoms with E-state index in [1.165, 1.54) is 28.6 Å². The van der Waals surface area contributed by atoms with Crippen LogP contribution in [0.2, 0.25) is 0 Å². The molecule has 4 rings (SSSR count). The number of aliphatic imine (C=N–C) groups is 1. The maximum Gasteiger partial charge on any atom is 0.266 e. The Bertz CT molecular complexity index is 1110. The lowest BCUT2D eigenvalue weighted by molar-refractivity contribution is -0.122. The number of para-hydroxylation sites is 1. The highest BCUT2D eigenvalue weighted by Crippen LogP contribution is 2.40. The van der Waals surface area contributed by atoms with Crippen LogP contribution in [0.4, 0.5) is 11.4 Å². The van der Waals surface area contributed by atoms with Crippen molar-refractivity contribution in [1.29, 1.82) is 0 Å². The van der Waals surface area contributed by atoms with E-state index < -0.39 is 0 Å². The molecule has 1 saturated heterocycles. The third-order valence-corrected chi connectivity index (χ3v) is 6.94. The van der Waals surface area contributed by atoms with E-state index in [4.69, 9.17) is 4.99 Å². The molecule has 0 N–H and O–H groups in total. The number of likely N-dealkylation sites (N-methyl/N-ethyl adjacent to an activating group) is 1. The molecule has 0 aliphatic carbocycles. The van der Waals surface area contributed by atoms with Gasteiger partial charge in [-0.25, -0.2) is 4.99 Å². The first-order chi connectivity index (χ1) is 15.3. The van der Waals surface area contributed by atoms with Gasteiger partial charge in [-0.05, 0) is 87.4 Å².